The molecule has 1 fully saturated rings. The number of benzene rings is 2. The standard InChI is InChI=1S/C23H26N4OS/c1-3-29-21-20(18-7-5-4-6-8-18)25-23(26-21)13-15-27(16-14-23)22(28)24-19-11-9-17(2)10-12-19/h4-12H,3,13-16H2,1-2H3,(H,24,28). The summed E-state index contributed by atoms with van der Waals surface area (Å²) in [4.78, 5) is 24.6. The van der Waals surface area contributed by atoms with E-state index in [0.29, 0.717) is 13.1 Å². The number of nitrogens with one attached hydrogen (secondary N) is 1. The molecule has 2 aromatic rings. The molecule has 4 rings (SSSR count). The maximum absolute atomic E-state index is 12.6. The van der Waals surface area contributed by atoms with Crippen LogP contribution in [0.4, 0.5) is 10.5 Å². The van der Waals surface area contributed by atoms with Gasteiger partial charge in [0.25, 0.3) is 0 Å². The van der Waals surface area contributed by atoms with Crippen LogP contribution in [-0.4, -0.2) is 46.2 Å². The second kappa shape index (κ2) is 8.41. The third kappa shape index (κ3) is 4.37. The molecule has 2 aliphatic heterocycles. The van der Waals surface area contributed by atoms with Crippen LogP contribution in [0.15, 0.2) is 64.6 Å². The molecular weight excluding hydrogens is 380 g/mol. The van der Waals surface area contributed by atoms with Crippen molar-refractivity contribution < 1.29 is 4.79 Å². The SMILES string of the molecule is CCSC1=NC2(CCN(C(=O)Nc3ccc(C)cc3)CC2)N=C1c1ccccc1. The number of likely N-dealkylation sites (tertiary alicyclic amines) is 1. The van der Waals surface area contributed by atoms with E-state index in [2.05, 4.69) is 24.4 Å². The van der Waals surface area contributed by atoms with Gasteiger partial charge in [0, 0.05) is 37.2 Å². The molecule has 1 spiro atoms. The summed E-state index contributed by atoms with van der Waals surface area (Å²) >= 11 is 1.75. The number of hydrogen-bond donors (Lipinski definition) is 1. The molecule has 6 heteroatoms. The topological polar surface area (TPSA) is 57.1 Å². The first-order valence-corrected chi connectivity index (χ1v) is 11.1. The molecule has 1 N–H and O–H groups in total. The van der Waals surface area contributed by atoms with Crippen molar-refractivity contribution in [2.45, 2.75) is 32.4 Å². The number of rotatable bonds is 3. The number of anilines is 1. The molecule has 0 bridgehead atoms. The highest BCUT2D eigenvalue weighted by Gasteiger charge is 2.40. The van der Waals surface area contributed by atoms with Crippen molar-refractivity contribution in [3.8, 4) is 0 Å². The van der Waals surface area contributed by atoms with Crippen molar-refractivity contribution in [3.63, 3.8) is 0 Å². The minimum Gasteiger partial charge on any atom is -0.324 e. The van der Waals surface area contributed by atoms with Gasteiger partial charge in [-0.25, -0.2) is 9.79 Å². The van der Waals surface area contributed by atoms with Gasteiger partial charge in [-0.15, -0.1) is 11.8 Å². The number of aryl methyl sites for hydroxylation is 1. The van der Waals surface area contributed by atoms with Crippen molar-refractivity contribution in [1.29, 1.82) is 0 Å². The Morgan fingerprint density at radius 1 is 1.07 bits per heavy atom. The quantitative estimate of drug-likeness (QED) is 0.782. The Balaban J connectivity index is 1.45. The fourth-order valence-electron chi connectivity index (χ4n) is 3.68. The number of thioether (sulfide) groups is 1. The zero-order chi connectivity index (χ0) is 20.3. The average molecular weight is 407 g/mol. The number of carbonyl (C=O) groups excluding carboxylic acids is 1. The number of urea groups is 1. The van der Waals surface area contributed by atoms with Crippen molar-refractivity contribution in [2.75, 3.05) is 24.2 Å². The largest absolute Gasteiger partial charge is 0.324 e. The highest BCUT2D eigenvalue weighted by molar-refractivity contribution is 8.15. The summed E-state index contributed by atoms with van der Waals surface area (Å²) < 4.78 is 0. The van der Waals surface area contributed by atoms with Gasteiger partial charge in [0.2, 0.25) is 0 Å². The van der Waals surface area contributed by atoms with E-state index in [1.807, 2.05) is 54.3 Å². The predicted molar refractivity (Wildman–Crippen MR) is 122 cm³/mol. The number of nitrogens with zero attached hydrogens (tertiary/aromatic N) is 3. The number of carbonyl (C=O) groups is 1. The van der Waals surface area contributed by atoms with Crippen LogP contribution >= 0.6 is 11.8 Å². The van der Waals surface area contributed by atoms with Gasteiger partial charge >= 0.3 is 6.03 Å². The van der Waals surface area contributed by atoms with Crippen molar-refractivity contribution in [3.05, 3.63) is 65.7 Å². The van der Waals surface area contributed by atoms with Crippen molar-refractivity contribution >= 4 is 34.2 Å². The Hall–Kier alpha value is -2.60. The van der Waals surface area contributed by atoms with Gasteiger partial charge in [-0.2, -0.15) is 0 Å². The molecular formula is C23H26N4OS. The van der Waals surface area contributed by atoms with Crippen LogP contribution in [0.3, 0.4) is 0 Å². The number of piperidine rings is 1. The first-order valence-electron chi connectivity index (χ1n) is 10.1. The lowest BCUT2D eigenvalue weighted by molar-refractivity contribution is 0.175. The Labute approximate surface area is 176 Å². The van der Waals surface area contributed by atoms with E-state index < -0.39 is 5.66 Å². The van der Waals surface area contributed by atoms with Gasteiger partial charge in [-0.05, 0) is 24.8 Å². The number of hydrogen-bond acceptors (Lipinski definition) is 4. The van der Waals surface area contributed by atoms with Crippen molar-refractivity contribution in [2.24, 2.45) is 9.98 Å². The summed E-state index contributed by atoms with van der Waals surface area (Å²) in [5, 5.41) is 4.02. The van der Waals surface area contributed by atoms with Gasteiger partial charge < -0.3 is 10.2 Å². The molecule has 1 saturated heterocycles. The van der Waals surface area contributed by atoms with E-state index in [0.717, 1.165) is 40.6 Å². The van der Waals surface area contributed by atoms with Crippen LogP contribution in [0, 0.1) is 6.92 Å². The van der Waals surface area contributed by atoms with E-state index in [1.54, 1.807) is 11.8 Å². The smallest absolute Gasteiger partial charge is 0.321 e. The summed E-state index contributed by atoms with van der Waals surface area (Å²) in [7, 11) is 0. The van der Waals surface area contributed by atoms with Gasteiger partial charge in [-0.3, -0.25) is 4.99 Å². The average Bonchev–Trinajstić information content (AvgIpc) is 3.09. The molecule has 0 aromatic heterocycles. The Morgan fingerprint density at radius 3 is 2.41 bits per heavy atom. The third-order valence-electron chi connectivity index (χ3n) is 5.31. The van der Waals surface area contributed by atoms with E-state index in [4.69, 9.17) is 9.98 Å². The normalized spacial score (nSPS) is 17.8. The van der Waals surface area contributed by atoms with Gasteiger partial charge in [0.15, 0.2) is 5.66 Å². The molecule has 5 nitrogen and oxygen atoms in total. The molecule has 2 heterocycles. The molecule has 0 unspecified atom stereocenters. The number of amides is 2. The molecule has 29 heavy (non-hydrogen) atoms. The third-order valence-corrected chi connectivity index (χ3v) is 6.16. The van der Waals surface area contributed by atoms with Crippen molar-refractivity contribution in [1.82, 2.24) is 4.90 Å². The fraction of sp³-hybridized carbons (Fsp3) is 0.348. The van der Waals surface area contributed by atoms with Crippen LogP contribution in [0.1, 0.15) is 30.9 Å². The summed E-state index contributed by atoms with van der Waals surface area (Å²) in [6.07, 6.45) is 1.50. The molecule has 2 aliphatic rings. The van der Waals surface area contributed by atoms with Crippen LogP contribution in [0.5, 0.6) is 0 Å². The van der Waals surface area contributed by atoms with Gasteiger partial charge in [-0.1, -0.05) is 55.0 Å². The lowest BCUT2D eigenvalue weighted by Crippen LogP contribution is -2.46. The molecule has 150 valence electrons. The lowest BCUT2D eigenvalue weighted by atomic mass is 9.98. The number of aliphatic imine (C=N–C) groups is 2. The van der Waals surface area contributed by atoms with Gasteiger partial charge in [0.05, 0.1) is 5.71 Å². The highest BCUT2D eigenvalue weighted by Crippen LogP contribution is 2.35. The Kier molecular flexibility index (Phi) is 5.72. The van der Waals surface area contributed by atoms with Gasteiger partial charge in [0.1, 0.15) is 5.04 Å². The summed E-state index contributed by atoms with van der Waals surface area (Å²) in [5.74, 6) is 0.964. The predicted octanol–water partition coefficient (Wildman–Crippen LogP) is 4.97. The fourth-order valence-corrected chi connectivity index (χ4v) is 4.48. The Bertz CT molecular complexity index is 929. The van der Waals surface area contributed by atoms with E-state index >= 15 is 0 Å². The minimum atomic E-state index is -0.427. The zero-order valence-corrected chi connectivity index (χ0v) is 17.7. The van der Waals surface area contributed by atoms with E-state index in [9.17, 15) is 4.79 Å². The summed E-state index contributed by atoms with van der Waals surface area (Å²) in [5.41, 5.74) is 3.68. The summed E-state index contributed by atoms with van der Waals surface area (Å²) in [6.45, 7) is 5.47. The summed E-state index contributed by atoms with van der Waals surface area (Å²) in [6, 6.07) is 18.1. The second-order valence-electron chi connectivity index (χ2n) is 7.44. The highest BCUT2D eigenvalue weighted by atomic mass is 32.2. The van der Waals surface area contributed by atoms with Crippen LogP contribution in [0.25, 0.3) is 0 Å². The molecule has 0 aliphatic carbocycles. The van der Waals surface area contributed by atoms with E-state index in [1.165, 1.54) is 5.56 Å². The lowest BCUT2D eigenvalue weighted by Gasteiger charge is -2.35. The molecule has 2 amide bonds. The maximum Gasteiger partial charge on any atom is 0.321 e. The Morgan fingerprint density at radius 2 is 1.76 bits per heavy atom. The second-order valence-corrected chi connectivity index (χ2v) is 8.69. The van der Waals surface area contributed by atoms with Crippen LogP contribution in [0.2, 0.25) is 0 Å². The van der Waals surface area contributed by atoms with Crippen LogP contribution < -0.4 is 5.32 Å². The molecule has 0 radical (unpaired) electrons. The molecule has 0 saturated carbocycles. The maximum atomic E-state index is 12.6. The first-order chi connectivity index (χ1) is 14.1. The van der Waals surface area contributed by atoms with Crippen LogP contribution in [-0.2, 0) is 0 Å². The monoisotopic (exact) mass is 406 g/mol. The molecule has 2 aromatic carbocycles. The molecule has 0 atom stereocenters. The van der Waals surface area contributed by atoms with E-state index in [-0.39, 0.29) is 6.03 Å². The zero-order valence-electron chi connectivity index (χ0n) is 16.9. The first kappa shape index (κ1) is 19.7. The minimum absolute atomic E-state index is 0.0545.